The second-order valence-corrected chi connectivity index (χ2v) is 5.93. The predicted octanol–water partition coefficient (Wildman–Crippen LogP) is 2.77. The maximum Gasteiger partial charge on any atom is 0.222 e. The Kier molecular flexibility index (Phi) is 6.61. The molecule has 0 fully saturated rings. The summed E-state index contributed by atoms with van der Waals surface area (Å²) in [6.07, 6.45) is 0.914. The molecule has 2 N–H and O–H groups in total. The van der Waals surface area contributed by atoms with Gasteiger partial charge >= 0.3 is 0 Å². The summed E-state index contributed by atoms with van der Waals surface area (Å²) < 4.78 is 5.77. The van der Waals surface area contributed by atoms with Crippen LogP contribution in [0.25, 0.3) is 11.3 Å². The van der Waals surface area contributed by atoms with Gasteiger partial charge in [-0.2, -0.15) is 0 Å². The van der Waals surface area contributed by atoms with E-state index in [0.717, 1.165) is 17.1 Å². The molecule has 0 aliphatic carbocycles. The van der Waals surface area contributed by atoms with Crippen LogP contribution in [0.1, 0.15) is 26.0 Å². The molecule has 2 amide bonds. The van der Waals surface area contributed by atoms with E-state index in [2.05, 4.69) is 10.6 Å². The molecular weight excluding hydrogens is 304 g/mol. The highest BCUT2D eigenvalue weighted by Crippen LogP contribution is 2.22. The lowest BCUT2D eigenvalue weighted by atomic mass is 10.2. The van der Waals surface area contributed by atoms with Crippen LogP contribution in [0.3, 0.4) is 0 Å². The highest BCUT2D eigenvalue weighted by molar-refractivity contribution is 5.78. The Morgan fingerprint density at radius 1 is 1.00 bits per heavy atom. The van der Waals surface area contributed by atoms with E-state index in [1.165, 1.54) is 0 Å². The number of benzene rings is 1. The van der Waals surface area contributed by atoms with Crippen molar-refractivity contribution in [1.29, 1.82) is 0 Å². The molecule has 0 bridgehead atoms. The van der Waals surface area contributed by atoms with E-state index in [0.29, 0.717) is 25.9 Å². The van der Waals surface area contributed by atoms with Gasteiger partial charge in [0.1, 0.15) is 11.5 Å². The molecule has 5 heteroatoms. The molecule has 2 aromatic rings. The van der Waals surface area contributed by atoms with Crippen molar-refractivity contribution < 1.29 is 14.0 Å². The number of carbonyl (C=O) groups is 2. The highest BCUT2D eigenvalue weighted by atomic mass is 16.3. The van der Waals surface area contributed by atoms with Crippen molar-refractivity contribution in [1.82, 2.24) is 10.6 Å². The lowest BCUT2D eigenvalue weighted by Crippen LogP contribution is -2.36. The zero-order valence-electron chi connectivity index (χ0n) is 14.2. The van der Waals surface area contributed by atoms with Gasteiger partial charge in [0.2, 0.25) is 11.8 Å². The fourth-order valence-corrected chi connectivity index (χ4v) is 2.19. The maximum atomic E-state index is 11.8. The first-order chi connectivity index (χ1) is 11.6. The van der Waals surface area contributed by atoms with Crippen LogP contribution in [0.15, 0.2) is 46.9 Å². The van der Waals surface area contributed by atoms with Gasteiger partial charge in [0.15, 0.2) is 0 Å². The molecule has 0 aliphatic heterocycles. The third-order valence-corrected chi connectivity index (χ3v) is 3.59. The number of carbonyl (C=O) groups excluding carboxylic acids is 2. The van der Waals surface area contributed by atoms with Crippen molar-refractivity contribution in [3.05, 3.63) is 48.2 Å². The van der Waals surface area contributed by atoms with Crippen molar-refractivity contribution in [2.24, 2.45) is 5.92 Å². The van der Waals surface area contributed by atoms with Gasteiger partial charge in [0.25, 0.3) is 0 Å². The van der Waals surface area contributed by atoms with Gasteiger partial charge in [-0.05, 0) is 12.1 Å². The zero-order valence-corrected chi connectivity index (χ0v) is 14.2. The largest absolute Gasteiger partial charge is 0.461 e. The third kappa shape index (κ3) is 5.57. The predicted molar refractivity (Wildman–Crippen MR) is 93.3 cm³/mol. The number of rotatable bonds is 8. The molecule has 24 heavy (non-hydrogen) atoms. The minimum absolute atomic E-state index is 0.00623. The van der Waals surface area contributed by atoms with Gasteiger partial charge in [-0.25, -0.2) is 0 Å². The number of hydrogen-bond donors (Lipinski definition) is 2. The summed E-state index contributed by atoms with van der Waals surface area (Å²) >= 11 is 0. The zero-order chi connectivity index (χ0) is 17.4. The SMILES string of the molecule is CC(C)C(=O)NCCNC(=O)CCc1ccc(-c2ccccc2)o1. The summed E-state index contributed by atoms with van der Waals surface area (Å²) in [4.78, 5) is 23.2. The van der Waals surface area contributed by atoms with Crippen LogP contribution < -0.4 is 10.6 Å². The lowest BCUT2D eigenvalue weighted by molar-refractivity contribution is -0.124. The van der Waals surface area contributed by atoms with Gasteiger partial charge < -0.3 is 15.1 Å². The summed E-state index contributed by atoms with van der Waals surface area (Å²) in [6, 6.07) is 13.7. The number of aryl methyl sites for hydroxylation is 1. The van der Waals surface area contributed by atoms with Gasteiger partial charge in [0.05, 0.1) is 0 Å². The number of furan rings is 1. The summed E-state index contributed by atoms with van der Waals surface area (Å²) in [5.41, 5.74) is 1.02. The topological polar surface area (TPSA) is 71.3 Å². The summed E-state index contributed by atoms with van der Waals surface area (Å²) in [5, 5.41) is 5.55. The van der Waals surface area contributed by atoms with Crippen LogP contribution in [0.2, 0.25) is 0 Å². The molecule has 0 radical (unpaired) electrons. The Balaban J connectivity index is 1.69. The van der Waals surface area contributed by atoms with Crippen LogP contribution in [-0.4, -0.2) is 24.9 Å². The lowest BCUT2D eigenvalue weighted by Gasteiger charge is -2.08. The summed E-state index contributed by atoms with van der Waals surface area (Å²) in [7, 11) is 0. The van der Waals surface area contributed by atoms with Crippen LogP contribution in [-0.2, 0) is 16.0 Å². The first-order valence-corrected chi connectivity index (χ1v) is 8.25. The van der Waals surface area contributed by atoms with E-state index in [4.69, 9.17) is 4.42 Å². The fourth-order valence-electron chi connectivity index (χ4n) is 2.19. The molecule has 1 heterocycles. The van der Waals surface area contributed by atoms with Crippen molar-refractivity contribution in [2.45, 2.75) is 26.7 Å². The second-order valence-electron chi connectivity index (χ2n) is 5.93. The van der Waals surface area contributed by atoms with E-state index in [1.54, 1.807) is 0 Å². The molecule has 0 unspecified atom stereocenters. The quantitative estimate of drug-likeness (QED) is 0.732. The molecule has 0 saturated carbocycles. The van der Waals surface area contributed by atoms with Gasteiger partial charge in [-0.3, -0.25) is 9.59 Å². The van der Waals surface area contributed by atoms with E-state index in [9.17, 15) is 9.59 Å². The summed E-state index contributed by atoms with van der Waals surface area (Å²) in [5.74, 6) is 1.50. The third-order valence-electron chi connectivity index (χ3n) is 3.59. The van der Waals surface area contributed by atoms with Crippen LogP contribution in [0.5, 0.6) is 0 Å². The van der Waals surface area contributed by atoms with Crippen LogP contribution in [0.4, 0.5) is 0 Å². The first-order valence-electron chi connectivity index (χ1n) is 8.25. The number of hydrogen-bond acceptors (Lipinski definition) is 3. The van der Waals surface area contributed by atoms with E-state index >= 15 is 0 Å². The van der Waals surface area contributed by atoms with Crippen molar-refractivity contribution in [3.63, 3.8) is 0 Å². The van der Waals surface area contributed by atoms with Crippen molar-refractivity contribution >= 4 is 11.8 Å². The van der Waals surface area contributed by atoms with E-state index < -0.39 is 0 Å². The Hall–Kier alpha value is -2.56. The van der Waals surface area contributed by atoms with E-state index in [-0.39, 0.29) is 17.7 Å². The molecule has 0 aliphatic rings. The van der Waals surface area contributed by atoms with Crippen molar-refractivity contribution in [2.75, 3.05) is 13.1 Å². The smallest absolute Gasteiger partial charge is 0.222 e. The monoisotopic (exact) mass is 328 g/mol. The Morgan fingerprint density at radius 2 is 1.71 bits per heavy atom. The standard InChI is InChI=1S/C19H24N2O3/c1-14(2)19(23)21-13-12-20-18(22)11-9-16-8-10-17(24-16)15-6-4-3-5-7-15/h3-8,10,14H,9,11-13H2,1-2H3,(H,20,22)(H,21,23). The molecule has 0 spiro atoms. The average Bonchev–Trinajstić information content (AvgIpc) is 3.06. The number of amides is 2. The normalized spacial score (nSPS) is 10.6. The Morgan fingerprint density at radius 3 is 2.42 bits per heavy atom. The number of nitrogens with one attached hydrogen (secondary N) is 2. The first kappa shape index (κ1) is 17.8. The molecule has 128 valence electrons. The van der Waals surface area contributed by atoms with Gasteiger partial charge in [0, 0.05) is 37.4 Å². The van der Waals surface area contributed by atoms with Crippen LogP contribution in [0, 0.1) is 5.92 Å². The second kappa shape index (κ2) is 8.91. The molecule has 2 rings (SSSR count). The molecule has 5 nitrogen and oxygen atoms in total. The Labute approximate surface area is 142 Å². The fraction of sp³-hybridized carbons (Fsp3) is 0.368. The highest BCUT2D eigenvalue weighted by Gasteiger charge is 2.08. The maximum absolute atomic E-state index is 11.8. The average molecular weight is 328 g/mol. The van der Waals surface area contributed by atoms with Crippen LogP contribution >= 0.6 is 0 Å². The molecule has 1 aromatic carbocycles. The molecule has 0 atom stereocenters. The molecular formula is C19H24N2O3. The molecule has 0 saturated heterocycles. The van der Waals surface area contributed by atoms with Crippen molar-refractivity contribution in [3.8, 4) is 11.3 Å². The van der Waals surface area contributed by atoms with Gasteiger partial charge in [-0.1, -0.05) is 44.2 Å². The minimum atomic E-state index is -0.0496. The van der Waals surface area contributed by atoms with E-state index in [1.807, 2.05) is 56.3 Å². The Bertz CT molecular complexity index is 662. The van der Waals surface area contributed by atoms with Gasteiger partial charge in [-0.15, -0.1) is 0 Å². The minimum Gasteiger partial charge on any atom is -0.461 e. The molecule has 1 aromatic heterocycles. The summed E-state index contributed by atoms with van der Waals surface area (Å²) in [6.45, 7) is 4.55.